The number of carbonyl (C=O) groups excluding carboxylic acids is 1. The molecule has 0 unspecified atom stereocenters. The maximum atomic E-state index is 14.3. The van der Waals surface area contributed by atoms with Gasteiger partial charge in [0.1, 0.15) is 12.1 Å². The Bertz CT molecular complexity index is 2980. The number of rotatable bonds is 13. The van der Waals surface area contributed by atoms with Crippen molar-refractivity contribution >= 4 is 66.0 Å². The molecule has 0 atom stereocenters. The van der Waals surface area contributed by atoms with Gasteiger partial charge in [-0.05, 0) is 116 Å². The molecule has 1 aliphatic carbocycles. The second kappa shape index (κ2) is 17.6. The van der Waals surface area contributed by atoms with Crippen LogP contribution in [0.5, 0.6) is 0 Å². The van der Waals surface area contributed by atoms with Crippen LogP contribution in [-0.4, -0.2) is 65.7 Å². The van der Waals surface area contributed by atoms with E-state index in [0.717, 1.165) is 70.5 Å². The maximum absolute atomic E-state index is 14.3. The fourth-order valence-corrected chi connectivity index (χ4v) is 11.0. The Morgan fingerprint density at radius 3 is 2.06 bits per heavy atom. The zero-order chi connectivity index (χ0) is 46.5. The third kappa shape index (κ3) is 8.73. The summed E-state index contributed by atoms with van der Waals surface area (Å²) < 4.78 is 41.6. The normalized spacial score (nSPS) is 17.8. The first kappa shape index (κ1) is 45.8. The SMILES string of the molecule is CCCCC[N+]1=C(/C=C/C2=C(N(C)C(=O)OC(C)(C)C)C(=C/C=C3/N(CCCCS(=O)(=O)O)c4ccc5ccccc5c4C3(C)C)/c3ccccc32)C(C)(C)c2c1ccc1ccccc21. The Morgan fingerprint density at radius 2 is 1.40 bits per heavy atom. The number of fused-ring (bicyclic) bond motifs is 7. The lowest BCUT2D eigenvalue weighted by Gasteiger charge is -2.28. The molecule has 8 nitrogen and oxygen atoms in total. The van der Waals surface area contributed by atoms with Crippen molar-refractivity contribution in [3.05, 3.63) is 155 Å². The third-order valence-corrected chi connectivity index (χ3v) is 14.2. The molecule has 0 radical (unpaired) electrons. The fraction of sp³-hybridized carbons (Fsp3) is 0.357. The van der Waals surface area contributed by atoms with Crippen LogP contribution in [0.2, 0.25) is 0 Å². The molecule has 0 fully saturated rings. The molecule has 1 amide bonds. The van der Waals surface area contributed by atoms with Crippen LogP contribution in [0.1, 0.15) is 110 Å². The highest BCUT2D eigenvalue weighted by Crippen LogP contribution is 2.52. The molecule has 65 heavy (non-hydrogen) atoms. The largest absolute Gasteiger partial charge is 0.443 e. The average molecular weight is 891 g/mol. The van der Waals surface area contributed by atoms with Crippen LogP contribution in [0, 0.1) is 0 Å². The molecule has 8 rings (SSSR count). The summed E-state index contributed by atoms with van der Waals surface area (Å²) in [6.07, 6.45) is 12.6. The first-order valence-corrected chi connectivity index (χ1v) is 24.8. The second-order valence-corrected chi connectivity index (χ2v) is 21.4. The molecule has 0 spiro atoms. The summed E-state index contributed by atoms with van der Waals surface area (Å²) in [5.41, 5.74) is 10.3. The van der Waals surface area contributed by atoms with E-state index in [1.807, 2.05) is 26.8 Å². The Hall–Kier alpha value is -5.77. The van der Waals surface area contributed by atoms with Gasteiger partial charge in [0.2, 0.25) is 5.69 Å². The van der Waals surface area contributed by atoms with Crippen molar-refractivity contribution in [1.29, 1.82) is 0 Å². The standard InChI is InChI=1S/C56H63N3O5S/c1-10-11-18-35-58-46-31-27-38-21-12-14-23-40(38)50(46)55(5,6)48(58)33-29-44-42-25-16-17-26-43(42)45(52(44)57(9)53(60)64-54(2,3)4)30-34-49-56(7,8)51-41-24-15-13-22-39(41)28-32-47(51)59(49)36-19-20-37-65(61,62)63/h12-17,21-34H,10-11,18-20,35-37H2,1-9H3/p+1. The third-order valence-electron chi connectivity index (χ3n) is 13.4. The van der Waals surface area contributed by atoms with Gasteiger partial charge in [-0.15, -0.1) is 0 Å². The molecule has 2 heterocycles. The monoisotopic (exact) mass is 890 g/mol. The van der Waals surface area contributed by atoms with Gasteiger partial charge in [0.05, 0.1) is 16.9 Å². The molecule has 0 saturated carbocycles. The first-order chi connectivity index (χ1) is 30.8. The van der Waals surface area contributed by atoms with E-state index in [-0.39, 0.29) is 11.2 Å². The summed E-state index contributed by atoms with van der Waals surface area (Å²) in [5.74, 6) is -0.286. The van der Waals surface area contributed by atoms with Gasteiger partial charge in [-0.2, -0.15) is 13.0 Å². The lowest BCUT2D eigenvalue weighted by molar-refractivity contribution is -0.438. The number of nitrogens with zero attached hydrogens (tertiary/aromatic N) is 3. The van der Waals surface area contributed by atoms with E-state index < -0.39 is 27.2 Å². The van der Waals surface area contributed by atoms with Gasteiger partial charge >= 0.3 is 6.09 Å². The smallest absolute Gasteiger partial charge is 0.414 e. The molecule has 3 aliphatic rings. The van der Waals surface area contributed by atoms with E-state index in [2.05, 4.69) is 159 Å². The van der Waals surface area contributed by atoms with Crippen LogP contribution < -0.4 is 4.90 Å². The number of carbonyl (C=O) groups is 1. The molecule has 1 N–H and O–H groups in total. The summed E-state index contributed by atoms with van der Waals surface area (Å²) in [5, 5.41) is 4.82. The van der Waals surface area contributed by atoms with E-state index in [1.54, 1.807) is 11.9 Å². The number of amides is 1. The highest BCUT2D eigenvalue weighted by molar-refractivity contribution is 7.85. The number of hydrogen-bond acceptors (Lipinski definition) is 5. The van der Waals surface area contributed by atoms with Crippen LogP contribution in [0.15, 0.2) is 133 Å². The molecular weight excluding hydrogens is 827 g/mol. The van der Waals surface area contributed by atoms with Gasteiger partial charge in [-0.3, -0.25) is 9.45 Å². The van der Waals surface area contributed by atoms with E-state index in [0.29, 0.717) is 19.4 Å². The molecule has 2 aliphatic heterocycles. The Morgan fingerprint density at radius 1 is 0.769 bits per heavy atom. The van der Waals surface area contributed by atoms with Crippen molar-refractivity contribution < 1.29 is 27.1 Å². The zero-order valence-electron chi connectivity index (χ0n) is 39.5. The number of unbranched alkanes of at least 4 members (excludes halogenated alkanes) is 3. The predicted octanol–water partition coefficient (Wildman–Crippen LogP) is 13.1. The maximum Gasteiger partial charge on any atom is 0.414 e. The minimum atomic E-state index is -4.08. The Labute approximate surface area is 386 Å². The van der Waals surface area contributed by atoms with Crippen LogP contribution in [0.4, 0.5) is 16.2 Å². The molecule has 0 saturated heterocycles. The number of likely N-dealkylation sites (N-methyl/N-ethyl adjacent to an activating group) is 1. The lowest BCUT2D eigenvalue weighted by atomic mass is 9.79. The van der Waals surface area contributed by atoms with Crippen LogP contribution in [-0.2, 0) is 25.7 Å². The topological polar surface area (TPSA) is 90.2 Å². The number of anilines is 1. The molecule has 338 valence electrons. The number of hydrogen-bond donors (Lipinski definition) is 1. The van der Waals surface area contributed by atoms with Crippen molar-refractivity contribution in [2.75, 3.05) is 30.8 Å². The number of ether oxygens (including phenoxy) is 1. The Kier molecular flexibility index (Phi) is 12.4. The molecular formula is C56H64N3O5S+. The van der Waals surface area contributed by atoms with Gasteiger partial charge < -0.3 is 9.64 Å². The molecule has 0 aromatic heterocycles. The Balaban J connectivity index is 1.31. The molecule has 5 aromatic rings. The molecule has 9 heteroatoms. The summed E-state index contributed by atoms with van der Waals surface area (Å²) in [4.78, 5) is 18.2. The number of allylic oxidation sites excluding steroid dienone is 7. The lowest BCUT2D eigenvalue weighted by Crippen LogP contribution is -2.34. The highest BCUT2D eigenvalue weighted by atomic mass is 32.2. The minimum absolute atomic E-state index is 0.286. The van der Waals surface area contributed by atoms with E-state index in [1.165, 1.54) is 38.7 Å². The van der Waals surface area contributed by atoms with Gasteiger partial charge in [0.25, 0.3) is 10.1 Å². The van der Waals surface area contributed by atoms with Crippen LogP contribution in [0.3, 0.4) is 0 Å². The first-order valence-electron chi connectivity index (χ1n) is 23.2. The van der Waals surface area contributed by atoms with E-state index >= 15 is 0 Å². The van der Waals surface area contributed by atoms with Crippen molar-refractivity contribution in [2.45, 2.75) is 104 Å². The predicted molar refractivity (Wildman–Crippen MR) is 269 cm³/mol. The minimum Gasteiger partial charge on any atom is -0.443 e. The summed E-state index contributed by atoms with van der Waals surface area (Å²) in [7, 11) is -2.28. The van der Waals surface area contributed by atoms with Crippen molar-refractivity contribution in [2.24, 2.45) is 0 Å². The molecule has 0 bridgehead atoms. The van der Waals surface area contributed by atoms with Crippen molar-refractivity contribution in [3.8, 4) is 0 Å². The number of benzene rings is 5. The van der Waals surface area contributed by atoms with E-state index in [9.17, 15) is 17.8 Å². The van der Waals surface area contributed by atoms with E-state index in [4.69, 9.17) is 4.74 Å². The quantitative estimate of drug-likeness (QED) is 0.0719. The summed E-state index contributed by atoms with van der Waals surface area (Å²) >= 11 is 0. The second-order valence-electron chi connectivity index (χ2n) is 19.8. The summed E-state index contributed by atoms with van der Waals surface area (Å²) in [6, 6.07) is 34.3. The van der Waals surface area contributed by atoms with Gasteiger partial charge in [-0.25, -0.2) is 4.79 Å². The van der Waals surface area contributed by atoms with Gasteiger partial charge in [-0.1, -0.05) is 112 Å². The van der Waals surface area contributed by atoms with Crippen LogP contribution >= 0.6 is 0 Å². The van der Waals surface area contributed by atoms with Crippen molar-refractivity contribution in [3.63, 3.8) is 0 Å². The van der Waals surface area contributed by atoms with Crippen LogP contribution in [0.25, 0.3) is 32.7 Å². The van der Waals surface area contributed by atoms with Crippen molar-refractivity contribution in [1.82, 2.24) is 4.90 Å². The zero-order valence-corrected chi connectivity index (χ0v) is 40.4. The molecule has 5 aromatic carbocycles. The fourth-order valence-electron chi connectivity index (χ4n) is 10.4. The van der Waals surface area contributed by atoms with Gasteiger partial charge in [0.15, 0.2) is 5.71 Å². The van der Waals surface area contributed by atoms with Gasteiger partial charge in [0, 0.05) is 65.7 Å². The highest BCUT2D eigenvalue weighted by Gasteiger charge is 2.46. The average Bonchev–Trinajstić information content (AvgIpc) is 3.77. The summed E-state index contributed by atoms with van der Waals surface area (Å²) in [6.45, 7) is 18.5.